The quantitative estimate of drug-likeness (QED) is 0.633. The fourth-order valence-electron chi connectivity index (χ4n) is 0. The van der Waals surface area contributed by atoms with Crippen LogP contribution >= 0.6 is 55.1 Å². The second-order valence-electron chi connectivity index (χ2n) is 0.669. The molecule has 38 valence electrons. The van der Waals surface area contributed by atoms with Crippen LogP contribution in [0.15, 0.2) is 0 Å². The molecule has 0 heterocycles. The molecule has 4 heteroatoms. The molecule has 0 aromatic carbocycles. The van der Waals surface area contributed by atoms with Crippen LogP contribution in [0, 0.1) is 0 Å². The lowest BCUT2D eigenvalue weighted by Crippen LogP contribution is -1.94. The zero-order chi connectivity index (χ0) is 5.15. The van der Waals surface area contributed by atoms with E-state index < -0.39 is 0 Å². The lowest BCUT2D eigenvalue weighted by molar-refractivity contribution is 1.38. The van der Waals surface area contributed by atoms with Gasteiger partial charge in [-0.05, 0) is 0 Å². The Morgan fingerprint density at radius 2 is 1.17 bits per heavy atom. The van der Waals surface area contributed by atoms with Gasteiger partial charge in [0.2, 0.25) is 0 Å². The summed E-state index contributed by atoms with van der Waals surface area (Å²) in [6.07, 6.45) is 0. The van der Waals surface area contributed by atoms with E-state index >= 15 is 0 Å². The molecule has 0 saturated heterocycles. The maximum Gasteiger partial charge on any atom is 0.115 e. The number of alkyl halides is 4. The summed E-state index contributed by atoms with van der Waals surface area (Å²) < 4.78 is -0.363. The highest BCUT2D eigenvalue weighted by molar-refractivity contribution is 9.13. The fourth-order valence-corrected chi connectivity index (χ4v) is 0. The molecule has 0 aromatic rings. The van der Waals surface area contributed by atoms with Gasteiger partial charge in [-0.15, -0.1) is 23.2 Å². The third-order valence-electron chi connectivity index (χ3n) is 0.190. The highest BCUT2D eigenvalue weighted by Gasteiger charge is 2.05. The molecule has 0 spiro atoms. The van der Waals surface area contributed by atoms with Crippen molar-refractivity contribution in [2.24, 2.45) is 0 Å². The van der Waals surface area contributed by atoms with E-state index in [4.69, 9.17) is 23.2 Å². The van der Waals surface area contributed by atoms with E-state index in [1.807, 2.05) is 0 Å². The number of hydrogen-bond donors (Lipinski definition) is 0. The molecule has 0 aromatic heterocycles. The molecular formula is C2H2Br2Cl2. The van der Waals surface area contributed by atoms with Crippen molar-refractivity contribution in [1.82, 2.24) is 0 Å². The van der Waals surface area contributed by atoms with Gasteiger partial charge in [0.05, 0.1) is 0 Å². The van der Waals surface area contributed by atoms with Crippen LogP contribution in [0.4, 0.5) is 0 Å². The van der Waals surface area contributed by atoms with Gasteiger partial charge in [0.15, 0.2) is 0 Å². The summed E-state index contributed by atoms with van der Waals surface area (Å²) in [7, 11) is 0. The van der Waals surface area contributed by atoms with Crippen LogP contribution in [-0.4, -0.2) is 8.57 Å². The first-order chi connectivity index (χ1) is 2.64. The molecule has 0 unspecified atom stereocenters. The summed E-state index contributed by atoms with van der Waals surface area (Å²) in [5.41, 5.74) is 0. The van der Waals surface area contributed by atoms with Gasteiger partial charge < -0.3 is 0 Å². The zero-order valence-electron chi connectivity index (χ0n) is 2.67. The Labute approximate surface area is 63.4 Å². The Bertz CT molecular complexity index is 30.5. The monoisotopic (exact) mass is 254 g/mol. The minimum absolute atomic E-state index is 0.181. The second-order valence-corrected chi connectivity index (χ2v) is 4.64. The number of hydrogen-bond acceptors (Lipinski definition) is 0. The predicted molar refractivity (Wildman–Crippen MR) is 37.1 cm³/mol. The predicted octanol–water partition coefficient (Wildman–Crippen LogP) is 2.91. The molecule has 0 fully saturated rings. The molecule has 0 N–H and O–H groups in total. The number of rotatable bonds is 1. The van der Waals surface area contributed by atoms with Crippen LogP contribution in [0.3, 0.4) is 0 Å². The topological polar surface area (TPSA) is 0 Å². The van der Waals surface area contributed by atoms with Crippen molar-refractivity contribution in [2.45, 2.75) is 8.57 Å². The van der Waals surface area contributed by atoms with E-state index in [9.17, 15) is 0 Å². The summed E-state index contributed by atoms with van der Waals surface area (Å²) in [5.74, 6) is 0. The largest absolute Gasteiger partial charge is 0.115 e. The molecule has 0 saturated carbocycles. The highest BCUT2D eigenvalue weighted by atomic mass is 79.9. The molecule has 0 bridgehead atoms. The molecule has 0 radical (unpaired) electrons. The van der Waals surface area contributed by atoms with Crippen molar-refractivity contribution in [1.29, 1.82) is 0 Å². The van der Waals surface area contributed by atoms with Gasteiger partial charge in [0.1, 0.15) is 8.57 Å². The van der Waals surface area contributed by atoms with E-state index in [1.165, 1.54) is 0 Å². The molecule has 0 aliphatic heterocycles. The minimum atomic E-state index is -0.181. The Balaban J connectivity index is 2.99. The third-order valence-corrected chi connectivity index (χ3v) is 3.20. The maximum absolute atomic E-state index is 5.35. The average Bonchev–Trinajstić information content (AvgIpc) is 1.36. The summed E-state index contributed by atoms with van der Waals surface area (Å²) in [6, 6.07) is 0. The molecule has 0 rings (SSSR count). The second kappa shape index (κ2) is 3.53. The van der Waals surface area contributed by atoms with Crippen molar-refractivity contribution in [3.63, 3.8) is 0 Å². The van der Waals surface area contributed by atoms with Crippen molar-refractivity contribution in [3.05, 3.63) is 0 Å². The molecule has 6 heavy (non-hydrogen) atoms. The van der Waals surface area contributed by atoms with Crippen molar-refractivity contribution in [3.8, 4) is 0 Å². The van der Waals surface area contributed by atoms with Gasteiger partial charge in [0, 0.05) is 0 Å². The fraction of sp³-hybridized carbons (Fsp3) is 1.00. The molecular weight excluding hydrogens is 255 g/mol. The van der Waals surface area contributed by atoms with Gasteiger partial charge in [0.25, 0.3) is 0 Å². The Morgan fingerprint density at radius 3 is 1.17 bits per heavy atom. The SMILES string of the molecule is Cl[C@H](Br)[C@H](Cl)Br. The zero-order valence-corrected chi connectivity index (χ0v) is 7.35. The Hall–Kier alpha value is 1.54. The van der Waals surface area contributed by atoms with Crippen LogP contribution in [0.2, 0.25) is 0 Å². The van der Waals surface area contributed by atoms with Crippen LogP contribution < -0.4 is 0 Å². The number of halogens is 4. The smallest absolute Gasteiger partial charge is 0.108 e. The van der Waals surface area contributed by atoms with Gasteiger partial charge >= 0.3 is 0 Å². The average molecular weight is 257 g/mol. The summed E-state index contributed by atoms with van der Waals surface area (Å²) in [5, 5.41) is 0. The summed E-state index contributed by atoms with van der Waals surface area (Å²) in [6.45, 7) is 0. The third kappa shape index (κ3) is 3.72. The van der Waals surface area contributed by atoms with Gasteiger partial charge in [-0.1, -0.05) is 31.9 Å². The van der Waals surface area contributed by atoms with Gasteiger partial charge in [-0.2, -0.15) is 0 Å². The minimum Gasteiger partial charge on any atom is -0.108 e. The normalized spacial score (nSPS) is 20.0. The Kier molecular flexibility index (Phi) is 4.44. The standard InChI is InChI=1S/C2H2Br2Cl2/c3-1(5)2(4)6/h1-2H/t1-,2-/m0/s1. The van der Waals surface area contributed by atoms with Crippen LogP contribution in [0.25, 0.3) is 0 Å². The Morgan fingerprint density at radius 1 is 1.00 bits per heavy atom. The van der Waals surface area contributed by atoms with Gasteiger partial charge in [-0.25, -0.2) is 0 Å². The first-order valence-electron chi connectivity index (χ1n) is 1.21. The first kappa shape index (κ1) is 7.54. The van der Waals surface area contributed by atoms with Crippen molar-refractivity contribution in [2.75, 3.05) is 0 Å². The van der Waals surface area contributed by atoms with Gasteiger partial charge in [-0.3, -0.25) is 0 Å². The van der Waals surface area contributed by atoms with E-state index in [0.717, 1.165) is 0 Å². The lowest BCUT2D eigenvalue weighted by atomic mass is 11.0. The molecule has 0 aliphatic rings. The molecule has 0 aliphatic carbocycles. The van der Waals surface area contributed by atoms with Crippen LogP contribution in [0.1, 0.15) is 0 Å². The summed E-state index contributed by atoms with van der Waals surface area (Å²) >= 11 is 16.8. The summed E-state index contributed by atoms with van der Waals surface area (Å²) in [4.78, 5) is 0. The highest BCUT2D eigenvalue weighted by Crippen LogP contribution is 2.20. The van der Waals surface area contributed by atoms with Crippen molar-refractivity contribution >= 4 is 55.1 Å². The van der Waals surface area contributed by atoms with Crippen LogP contribution in [-0.2, 0) is 0 Å². The van der Waals surface area contributed by atoms with E-state index in [1.54, 1.807) is 0 Å². The van der Waals surface area contributed by atoms with E-state index in [2.05, 4.69) is 31.9 Å². The van der Waals surface area contributed by atoms with E-state index in [-0.39, 0.29) is 8.57 Å². The molecule has 0 amide bonds. The lowest BCUT2D eigenvalue weighted by Gasteiger charge is -1.96. The first-order valence-corrected chi connectivity index (χ1v) is 3.91. The molecule has 2 atom stereocenters. The molecule has 0 nitrogen and oxygen atoms in total. The van der Waals surface area contributed by atoms with E-state index in [0.29, 0.717) is 0 Å². The van der Waals surface area contributed by atoms with Crippen LogP contribution in [0.5, 0.6) is 0 Å². The maximum atomic E-state index is 5.35. The van der Waals surface area contributed by atoms with Crippen molar-refractivity contribution < 1.29 is 0 Å².